The van der Waals surface area contributed by atoms with Gasteiger partial charge in [0.25, 0.3) is 0 Å². The summed E-state index contributed by atoms with van der Waals surface area (Å²) in [5.74, 6) is 1.64. The zero-order valence-electron chi connectivity index (χ0n) is 16.5. The molecule has 0 atom stereocenters. The van der Waals surface area contributed by atoms with Crippen LogP contribution in [0.15, 0.2) is 60.7 Å². The topological polar surface area (TPSA) is 49.2 Å². The lowest BCUT2D eigenvalue weighted by atomic mass is 9.99. The molecule has 4 rings (SSSR count). The molecule has 142 valence electrons. The van der Waals surface area contributed by atoms with E-state index in [0.717, 1.165) is 33.7 Å². The lowest BCUT2D eigenvalue weighted by Crippen LogP contribution is -2.15. The third kappa shape index (κ3) is 3.31. The van der Waals surface area contributed by atoms with Gasteiger partial charge in [-0.2, -0.15) is 15.0 Å². The average Bonchev–Trinajstić information content (AvgIpc) is 3.11. The van der Waals surface area contributed by atoms with E-state index in [9.17, 15) is 0 Å². The highest BCUT2D eigenvalue weighted by Crippen LogP contribution is 2.29. The van der Waals surface area contributed by atoms with E-state index in [-0.39, 0.29) is 6.04 Å². The van der Waals surface area contributed by atoms with Crippen molar-refractivity contribution in [2.75, 3.05) is 14.2 Å². The van der Waals surface area contributed by atoms with Gasteiger partial charge in [-0.05, 0) is 72.5 Å². The van der Waals surface area contributed by atoms with Crippen LogP contribution in [-0.4, -0.2) is 29.2 Å². The van der Waals surface area contributed by atoms with Crippen molar-refractivity contribution in [2.24, 2.45) is 0 Å². The van der Waals surface area contributed by atoms with Gasteiger partial charge in [-0.1, -0.05) is 24.3 Å². The Balaban J connectivity index is 1.85. The molecule has 0 aliphatic heterocycles. The Hall–Kier alpha value is -3.34. The maximum atomic E-state index is 5.31. The van der Waals surface area contributed by atoms with Gasteiger partial charge < -0.3 is 9.47 Å². The number of aromatic nitrogens is 3. The van der Waals surface area contributed by atoms with Crippen molar-refractivity contribution in [2.45, 2.75) is 19.9 Å². The Labute approximate surface area is 164 Å². The molecule has 3 aromatic carbocycles. The molecule has 0 spiro atoms. The minimum absolute atomic E-state index is 0.148. The molecule has 0 aliphatic rings. The normalized spacial score (nSPS) is 11.2. The molecule has 0 aliphatic carbocycles. The predicted molar refractivity (Wildman–Crippen MR) is 110 cm³/mol. The first-order valence-electron chi connectivity index (χ1n) is 9.20. The Kier molecular flexibility index (Phi) is 4.74. The number of methoxy groups -OCH3 is 2. The molecule has 0 N–H and O–H groups in total. The van der Waals surface area contributed by atoms with E-state index in [1.54, 1.807) is 19.0 Å². The molecule has 0 bridgehead atoms. The molecule has 0 saturated heterocycles. The molecule has 4 aromatic rings. The molecule has 5 heteroatoms. The lowest BCUT2D eigenvalue weighted by molar-refractivity contribution is 0.413. The van der Waals surface area contributed by atoms with Crippen molar-refractivity contribution < 1.29 is 9.47 Å². The highest BCUT2D eigenvalue weighted by molar-refractivity contribution is 5.75. The van der Waals surface area contributed by atoms with Gasteiger partial charge in [0.1, 0.15) is 28.6 Å². The number of ether oxygens (including phenoxy) is 2. The molecule has 1 heterocycles. The number of aryl methyl sites for hydroxylation is 2. The second-order valence-corrected chi connectivity index (χ2v) is 6.89. The van der Waals surface area contributed by atoms with Crippen molar-refractivity contribution in [3.05, 3.63) is 82.9 Å². The Morgan fingerprint density at radius 2 is 1.07 bits per heavy atom. The minimum atomic E-state index is -0.148. The predicted octanol–water partition coefficient (Wildman–Crippen LogP) is 4.70. The molecule has 1 aromatic heterocycles. The summed E-state index contributed by atoms with van der Waals surface area (Å²) in [6, 6.07) is 20.1. The number of benzene rings is 3. The largest absolute Gasteiger partial charge is 0.497 e. The van der Waals surface area contributed by atoms with Crippen LogP contribution in [0.1, 0.15) is 28.3 Å². The second kappa shape index (κ2) is 7.35. The molecular weight excluding hydrogens is 350 g/mol. The van der Waals surface area contributed by atoms with Crippen molar-refractivity contribution in [3.63, 3.8) is 0 Å². The van der Waals surface area contributed by atoms with Crippen molar-refractivity contribution in [1.82, 2.24) is 15.0 Å². The van der Waals surface area contributed by atoms with Gasteiger partial charge in [0.15, 0.2) is 0 Å². The maximum Gasteiger partial charge on any atom is 0.122 e. The molecule has 0 fully saturated rings. The van der Waals surface area contributed by atoms with Crippen molar-refractivity contribution in [1.29, 1.82) is 0 Å². The molecule has 5 nitrogen and oxygen atoms in total. The monoisotopic (exact) mass is 373 g/mol. The summed E-state index contributed by atoms with van der Waals surface area (Å²) in [5, 5.41) is 9.59. The number of hydrogen-bond donors (Lipinski definition) is 0. The van der Waals surface area contributed by atoms with E-state index in [0.29, 0.717) is 0 Å². The minimum Gasteiger partial charge on any atom is -0.497 e. The zero-order chi connectivity index (χ0) is 19.7. The van der Waals surface area contributed by atoms with Gasteiger partial charge in [0.2, 0.25) is 0 Å². The van der Waals surface area contributed by atoms with E-state index in [2.05, 4.69) is 50.2 Å². The molecular formula is C23H23N3O2. The third-order valence-corrected chi connectivity index (χ3v) is 5.11. The molecule has 0 radical (unpaired) electrons. The van der Waals surface area contributed by atoms with Crippen LogP contribution in [-0.2, 0) is 0 Å². The summed E-state index contributed by atoms with van der Waals surface area (Å²) in [7, 11) is 3.34. The zero-order valence-corrected chi connectivity index (χ0v) is 16.5. The summed E-state index contributed by atoms with van der Waals surface area (Å²) in [5.41, 5.74) is 6.39. The van der Waals surface area contributed by atoms with Gasteiger partial charge in [0, 0.05) is 0 Å². The SMILES string of the molecule is COc1ccc(C(c2ccc(OC)cc2)n2nc3cc(C)c(C)cc3n2)cc1. The Morgan fingerprint density at radius 3 is 1.43 bits per heavy atom. The van der Waals surface area contributed by atoms with Crippen LogP contribution in [0.5, 0.6) is 11.5 Å². The summed E-state index contributed by atoms with van der Waals surface area (Å²) >= 11 is 0. The number of fused-ring (bicyclic) bond motifs is 1. The summed E-state index contributed by atoms with van der Waals surface area (Å²) in [4.78, 5) is 1.80. The fourth-order valence-corrected chi connectivity index (χ4v) is 3.34. The van der Waals surface area contributed by atoms with Gasteiger partial charge in [0.05, 0.1) is 14.2 Å². The van der Waals surface area contributed by atoms with Crippen LogP contribution >= 0.6 is 0 Å². The summed E-state index contributed by atoms with van der Waals surface area (Å²) < 4.78 is 10.6. The number of rotatable bonds is 5. The van der Waals surface area contributed by atoms with Gasteiger partial charge in [-0.3, -0.25) is 0 Å². The first kappa shape index (κ1) is 18.0. The van der Waals surface area contributed by atoms with Crippen LogP contribution < -0.4 is 9.47 Å². The highest BCUT2D eigenvalue weighted by Gasteiger charge is 2.20. The van der Waals surface area contributed by atoms with Gasteiger partial charge >= 0.3 is 0 Å². The smallest absolute Gasteiger partial charge is 0.122 e. The van der Waals surface area contributed by atoms with Crippen LogP contribution in [0.2, 0.25) is 0 Å². The van der Waals surface area contributed by atoms with E-state index >= 15 is 0 Å². The quantitative estimate of drug-likeness (QED) is 0.509. The fraction of sp³-hybridized carbons (Fsp3) is 0.217. The van der Waals surface area contributed by atoms with Gasteiger partial charge in [-0.15, -0.1) is 0 Å². The molecule has 0 amide bonds. The van der Waals surface area contributed by atoms with Crippen molar-refractivity contribution >= 4 is 11.0 Å². The average molecular weight is 373 g/mol. The Bertz CT molecular complexity index is 1010. The van der Waals surface area contributed by atoms with E-state index in [4.69, 9.17) is 19.7 Å². The number of hydrogen-bond acceptors (Lipinski definition) is 4. The van der Waals surface area contributed by atoms with E-state index in [1.807, 2.05) is 24.3 Å². The Morgan fingerprint density at radius 1 is 0.679 bits per heavy atom. The fourth-order valence-electron chi connectivity index (χ4n) is 3.34. The standard InChI is InChI=1S/C23H23N3O2/c1-15-13-21-22(14-16(15)2)25-26(24-21)23(17-5-9-19(27-3)10-6-17)18-7-11-20(28-4)12-8-18/h5-14,23H,1-4H3. The first-order chi connectivity index (χ1) is 13.6. The van der Waals surface area contributed by atoms with Crippen LogP contribution in [0, 0.1) is 13.8 Å². The molecule has 0 saturated carbocycles. The molecule has 0 unspecified atom stereocenters. The summed E-state index contributed by atoms with van der Waals surface area (Å²) in [6.07, 6.45) is 0. The van der Waals surface area contributed by atoms with Crippen LogP contribution in [0.4, 0.5) is 0 Å². The summed E-state index contributed by atoms with van der Waals surface area (Å²) in [6.45, 7) is 4.19. The molecule has 28 heavy (non-hydrogen) atoms. The second-order valence-electron chi connectivity index (χ2n) is 6.89. The van der Waals surface area contributed by atoms with E-state index in [1.165, 1.54) is 11.1 Å². The van der Waals surface area contributed by atoms with E-state index < -0.39 is 0 Å². The third-order valence-electron chi connectivity index (χ3n) is 5.11. The van der Waals surface area contributed by atoms with Crippen LogP contribution in [0.3, 0.4) is 0 Å². The van der Waals surface area contributed by atoms with Crippen molar-refractivity contribution in [3.8, 4) is 11.5 Å². The number of nitrogens with zero attached hydrogens (tertiary/aromatic N) is 3. The van der Waals surface area contributed by atoms with Crippen LogP contribution in [0.25, 0.3) is 11.0 Å². The maximum absolute atomic E-state index is 5.31. The lowest BCUT2D eigenvalue weighted by Gasteiger charge is -2.18. The van der Waals surface area contributed by atoms with Gasteiger partial charge in [-0.25, -0.2) is 0 Å². The first-order valence-corrected chi connectivity index (χ1v) is 9.20. The highest BCUT2D eigenvalue weighted by atomic mass is 16.5.